The molecule has 1 aliphatic heterocycles. The van der Waals surface area contributed by atoms with Gasteiger partial charge in [-0.3, -0.25) is 9.59 Å². The molecule has 0 bridgehead atoms. The van der Waals surface area contributed by atoms with E-state index < -0.39 is 12.2 Å². The summed E-state index contributed by atoms with van der Waals surface area (Å²) in [4.78, 5) is 26.4. The number of fused-ring (bicyclic) bond motifs is 1. The van der Waals surface area contributed by atoms with Crippen molar-refractivity contribution in [2.24, 2.45) is 11.8 Å². The van der Waals surface area contributed by atoms with Crippen molar-refractivity contribution < 1.29 is 33.3 Å². The second-order valence-electron chi connectivity index (χ2n) is 9.07. The van der Waals surface area contributed by atoms with Gasteiger partial charge in [0.1, 0.15) is 5.58 Å². The summed E-state index contributed by atoms with van der Waals surface area (Å²) < 4.78 is 28.7. The lowest BCUT2D eigenvalue weighted by Crippen LogP contribution is -2.40. The molecular weight excluding hydrogens is 466 g/mol. The highest BCUT2D eigenvalue weighted by Crippen LogP contribution is 2.38. The van der Waals surface area contributed by atoms with E-state index in [4.69, 9.17) is 28.5 Å². The molecule has 0 saturated heterocycles. The summed E-state index contributed by atoms with van der Waals surface area (Å²) in [5, 5.41) is 12.2. The van der Waals surface area contributed by atoms with E-state index in [9.17, 15) is 9.59 Å². The van der Waals surface area contributed by atoms with Crippen LogP contribution in [-0.4, -0.2) is 63.5 Å². The number of carbonyl (C=O) groups excluding carboxylic acids is 1. The zero-order valence-corrected chi connectivity index (χ0v) is 20.6. The van der Waals surface area contributed by atoms with E-state index in [1.165, 1.54) is 6.26 Å². The van der Waals surface area contributed by atoms with Gasteiger partial charge < -0.3 is 33.8 Å². The van der Waals surface area contributed by atoms with Gasteiger partial charge in [0.2, 0.25) is 6.29 Å². The Balaban J connectivity index is 1.59. The van der Waals surface area contributed by atoms with E-state index in [2.05, 4.69) is 5.32 Å². The number of amides is 1. The highest BCUT2D eigenvalue weighted by molar-refractivity contribution is 5.91. The number of ether oxygens (including phenoxy) is 4. The first-order valence-electron chi connectivity index (χ1n) is 12.7. The molecule has 4 rings (SSSR count). The number of rotatable bonds is 14. The van der Waals surface area contributed by atoms with Crippen molar-refractivity contribution in [2.45, 2.75) is 38.4 Å². The Kier molecular flexibility index (Phi) is 9.52. The number of allylic oxidation sites excluding steroid dienone is 1. The first kappa shape index (κ1) is 26.3. The molecule has 1 fully saturated rings. The molecule has 2 N–H and O–H groups in total. The molecule has 3 atom stereocenters. The molecule has 0 spiro atoms. The summed E-state index contributed by atoms with van der Waals surface area (Å²) in [6, 6.07) is 7.11. The quantitative estimate of drug-likeness (QED) is 0.380. The van der Waals surface area contributed by atoms with E-state index >= 15 is 0 Å². The number of hydrogen-bond donors (Lipinski definition) is 2. The number of aliphatic hydroxyl groups excluding tert-OH is 1. The lowest BCUT2D eigenvalue weighted by atomic mass is 9.81. The summed E-state index contributed by atoms with van der Waals surface area (Å²) in [5.74, 6) is -0.381. The van der Waals surface area contributed by atoms with Crippen LogP contribution in [0.1, 0.15) is 37.7 Å². The lowest BCUT2D eigenvalue weighted by molar-refractivity contribution is -0.168. The van der Waals surface area contributed by atoms with Gasteiger partial charge in [-0.05, 0) is 50.3 Å². The van der Waals surface area contributed by atoms with E-state index in [0.717, 1.165) is 12.8 Å². The third-order valence-electron chi connectivity index (χ3n) is 6.46. The lowest BCUT2D eigenvalue weighted by Gasteiger charge is -2.36. The van der Waals surface area contributed by atoms with E-state index in [0.29, 0.717) is 61.8 Å². The van der Waals surface area contributed by atoms with Crippen LogP contribution in [0.15, 0.2) is 51.6 Å². The van der Waals surface area contributed by atoms with Gasteiger partial charge in [0, 0.05) is 37.2 Å². The van der Waals surface area contributed by atoms with Crippen molar-refractivity contribution in [3.63, 3.8) is 0 Å². The number of nitrogens with one attached hydrogen (secondary N) is 1. The Labute approximate surface area is 210 Å². The van der Waals surface area contributed by atoms with Crippen LogP contribution < -0.4 is 10.7 Å². The molecule has 9 nitrogen and oxygen atoms in total. The molecule has 196 valence electrons. The molecule has 9 heteroatoms. The van der Waals surface area contributed by atoms with Gasteiger partial charge in [0.25, 0.3) is 5.91 Å². The summed E-state index contributed by atoms with van der Waals surface area (Å²) in [6.45, 7) is 4.22. The Morgan fingerprint density at radius 2 is 1.92 bits per heavy atom. The number of aliphatic hydroxyl groups is 1. The number of para-hydroxylation sites is 1. The minimum absolute atomic E-state index is 0.0334. The van der Waals surface area contributed by atoms with Crippen LogP contribution in [0.4, 0.5) is 0 Å². The summed E-state index contributed by atoms with van der Waals surface area (Å²) in [5.41, 5.74) is 0.815. The van der Waals surface area contributed by atoms with Gasteiger partial charge in [0.15, 0.2) is 11.2 Å². The van der Waals surface area contributed by atoms with Crippen molar-refractivity contribution >= 4 is 16.9 Å². The van der Waals surface area contributed by atoms with Crippen LogP contribution in [0, 0.1) is 11.8 Å². The molecule has 1 aromatic heterocycles. The first-order chi connectivity index (χ1) is 17.6. The molecule has 2 heterocycles. The molecule has 36 heavy (non-hydrogen) atoms. The van der Waals surface area contributed by atoms with Crippen molar-refractivity contribution in [1.82, 2.24) is 5.32 Å². The van der Waals surface area contributed by atoms with Gasteiger partial charge in [-0.1, -0.05) is 12.1 Å². The van der Waals surface area contributed by atoms with Crippen molar-refractivity contribution in [1.29, 1.82) is 0 Å². The van der Waals surface area contributed by atoms with Crippen LogP contribution >= 0.6 is 0 Å². The smallest absolute Gasteiger partial charge is 0.286 e. The van der Waals surface area contributed by atoms with Crippen molar-refractivity contribution in [3.8, 4) is 0 Å². The molecule has 1 amide bonds. The van der Waals surface area contributed by atoms with Crippen LogP contribution in [0.2, 0.25) is 0 Å². The molecule has 1 aromatic carbocycles. The maximum atomic E-state index is 13.5. The van der Waals surface area contributed by atoms with Gasteiger partial charge in [-0.15, -0.1) is 0 Å². The largest absolute Gasteiger partial charge is 0.464 e. The number of hydrogen-bond acceptors (Lipinski definition) is 8. The van der Waals surface area contributed by atoms with Gasteiger partial charge >= 0.3 is 0 Å². The van der Waals surface area contributed by atoms with Crippen LogP contribution in [-0.2, 0) is 23.7 Å². The highest BCUT2D eigenvalue weighted by Gasteiger charge is 2.39. The van der Waals surface area contributed by atoms with Crippen LogP contribution in [0.3, 0.4) is 0 Å². The first-order valence-corrected chi connectivity index (χ1v) is 12.7. The standard InChI is InChI=1S/C27H35NO8/c1-2-34-27-19(9-11-32-13-14-33-12-10-29)21(15-24(36-27)26(31)28-16-18-7-8-18)22-17-35-23-6-4-3-5-20(23)25(22)30/h3-6,15,17-19,21,27,29H,2,7-14,16H2,1H3,(H,28,31)/t19-,21+,27-/m1/s1. The molecule has 2 aliphatic rings. The SMILES string of the molecule is CCO[C@@H]1OC(C(=O)NCC2CC2)=C[C@H](c2coc3ccccc3c2=O)[C@H]1CCOCCOCCO. The summed E-state index contributed by atoms with van der Waals surface area (Å²) >= 11 is 0. The van der Waals surface area contributed by atoms with Crippen molar-refractivity contribution in [3.05, 3.63) is 58.2 Å². The van der Waals surface area contributed by atoms with E-state index in [-0.39, 0.29) is 36.2 Å². The molecule has 2 aromatic rings. The van der Waals surface area contributed by atoms with E-state index in [1.54, 1.807) is 24.3 Å². The average molecular weight is 502 g/mol. The second kappa shape index (κ2) is 13.0. The minimum Gasteiger partial charge on any atom is -0.464 e. The fourth-order valence-electron chi connectivity index (χ4n) is 4.37. The normalized spacial score (nSPS) is 21.7. The zero-order chi connectivity index (χ0) is 25.3. The maximum absolute atomic E-state index is 13.5. The Morgan fingerprint density at radius 1 is 1.14 bits per heavy atom. The molecule has 1 saturated carbocycles. The molecule has 1 aliphatic carbocycles. The second-order valence-corrected chi connectivity index (χ2v) is 9.07. The molecule has 0 radical (unpaired) electrons. The average Bonchev–Trinajstić information content (AvgIpc) is 3.72. The Morgan fingerprint density at radius 3 is 2.67 bits per heavy atom. The third-order valence-corrected chi connectivity index (χ3v) is 6.46. The van der Waals surface area contributed by atoms with Gasteiger partial charge in [-0.2, -0.15) is 0 Å². The number of carbonyl (C=O) groups is 1. The predicted octanol–water partition coefficient (Wildman–Crippen LogP) is 2.71. The van der Waals surface area contributed by atoms with Crippen molar-refractivity contribution in [2.75, 3.05) is 46.2 Å². The number of benzene rings is 1. The van der Waals surface area contributed by atoms with Crippen LogP contribution in [0.5, 0.6) is 0 Å². The molecular formula is C27H35NO8. The predicted molar refractivity (Wildman–Crippen MR) is 132 cm³/mol. The minimum atomic E-state index is -0.730. The zero-order valence-electron chi connectivity index (χ0n) is 20.6. The van der Waals surface area contributed by atoms with Crippen LogP contribution in [0.25, 0.3) is 11.0 Å². The monoisotopic (exact) mass is 501 g/mol. The van der Waals surface area contributed by atoms with E-state index in [1.807, 2.05) is 13.0 Å². The maximum Gasteiger partial charge on any atom is 0.286 e. The molecule has 0 unspecified atom stereocenters. The Bertz CT molecular complexity index is 1090. The fourth-order valence-corrected chi connectivity index (χ4v) is 4.37. The summed E-state index contributed by atoms with van der Waals surface area (Å²) in [7, 11) is 0. The fraction of sp³-hybridized carbons (Fsp3) is 0.556. The van der Waals surface area contributed by atoms with Gasteiger partial charge in [-0.25, -0.2) is 0 Å². The third kappa shape index (κ3) is 6.73. The summed E-state index contributed by atoms with van der Waals surface area (Å²) in [6.07, 6.45) is 5.23. The van der Waals surface area contributed by atoms with Gasteiger partial charge in [0.05, 0.1) is 38.1 Å². The topological polar surface area (TPSA) is 116 Å². The highest BCUT2D eigenvalue weighted by atomic mass is 16.7. The Hall–Kier alpha value is -2.72.